The molecule has 1 aliphatic heterocycles. The third kappa shape index (κ3) is 2.56. The van der Waals surface area contributed by atoms with Gasteiger partial charge in [-0.1, -0.05) is 6.92 Å². The molecular weight excluding hydrogens is 256 g/mol. The summed E-state index contributed by atoms with van der Waals surface area (Å²) in [6, 6.07) is 2.30. The van der Waals surface area contributed by atoms with Crippen LogP contribution in [-0.2, 0) is 11.2 Å². The molecule has 3 unspecified atom stereocenters. The summed E-state index contributed by atoms with van der Waals surface area (Å²) in [7, 11) is 0. The molecule has 1 aliphatic carbocycles. The van der Waals surface area contributed by atoms with Crippen molar-refractivity contribution in [3.8, 4) is 0 Å². The minimum atomic E-state index is 0.0903. The number of rotatable bonds is 1. The Morgan fingerprint density at radius 2 is 2.32 bits per heavy atom. The number of piperidine rings is 1. The average molecular weight is 278 g/mol. The zero-order chi connectivity index (χ0) is 13.4. The average Bonchev–Trinajstić information content (AvgIpc) is 2.84. The highest BCUT2D eigenvalue weighted by molar-refractivity contribution is 7.10. The van der Waals surface area contributed by atoms with Gasteiger partial charge in [0.1, 0.15) is 0 Å². The third-order valence-corrected chi connectivity index (χ3v) is 5.35. The van der Waals surface area contributed by atoms with E-state index < -0.39 is 0 Å². The fourth-order valence-corrected chi connectivity index (χ4v) is 4.53. The van der Waals surface area contributed by atoms with Gasteiger partial charge in [0, 0.05) is 24.0 Å². The van der Waals surface area contributed by atoms with Gasteiger partial charge < -0.3 is 10.6 Å². The highest BCUT2D eigenvalue weighted by Gasteiger charge is 2.33. The smallest absolute Gasteiger partial charge is 0.230 e. The monoisotopic (exact) mass is 278 g/mol. The number of thiophene rings is 1. The van der Waals surface area contributed by atoms with Crippen LogP contribution in [0.3, 0.4) is 0 Å². The number of amides is 1. The van der Waals surface area contributed by atoms with Crippen LogP contribution in [0.4, 0.5) is 0 Å². The Labute approximate surface area is 118 Å². The largest absolute Gasteiger partial charge is 0.340 e. The highest BCUT2D eigenvalue weighted by Crippen LogP contribution is 2.36. The van der Waals surface area contributed by atoms with E-state index in [9.17, 15) is 4.79 Å². The molecule has 1 aromatic heterocycles. The van der Waals surface area contributed by atoms with Crippen molar-refractivity contribution in [2.45, 2.75) is 44.6 Å². The van der Waals surface area contributed by atoms with Crippen molar-refractivity contribution in [3.05, 3.63) is 21.9 Å². The first-order valence-corrected chi connectivity index (χ1v) is 8.13. The summed E-state index contributed by atoms with van der Waals surface area (Å²) >= 11 is 1.80. The predicted molar refractivity (Wildman–Crippen MR) is 78.3 cm³/mol. The van der Waals surface area contributed by atoms with Crippen LogP contribution >= 0.6 is 11.3 Å². The van der Waals surface area contributed by atoms with Crippen LogP contribution in [0.5, 0.6) is 0 Å². The number of hydrogen-bond donors (Lipinski definition) is 1. The molecule has 0 spiro atoms. The molecule has 2 aliphatic rings. The Bertz CT molecular complexity index is 460. The molecule has 0 bridgehead atoms. The van der Waals surface area contributed by atoms with Gasteiger partial charge in [-0.2, -0.15) is 0 Å². The molecule has 4 heteroatoms. The normalized spacial score (nSPS) is 31.1. The maximum absolute atomic E-state index is 12.8. The van der Waals surface area contributed by atoms with Crippen LogP contribution in [0.25, 0.3) is 0 Å². The van der Waals surface area contributed by atoms with Crippen LogP contribution in [-0.4, -0.2) is 29.9 Å². The Morgan fingerprint density at radius 1 is 1.47 bits per heavy atom. The Balaban J connectivity index is 1.78. The maximum Gasteiger partial charge on any atom is 0.230 e. The summed E-state index contributed by atoms with van der Waals surface area (Å²) in [6.45, 7) is 3.80. The van der Waals surface area contributed by atoms with Crippen molar-refractivity contribution in [1.82, 2.24) is 4.90 Å². The standard InChI is InChI=1S/C15H22N2OS/c1-10-7-11(16)9-17(8-10)15(18)13-3-2-4-14-12(13)5-6-19-14/h5-6,10-11,13H,2-4,7-9,16H2,1H3. The zero-order valence-corrected chi connectivity index (χ0v) is 12.3. The van der Waals surface area contributed by atoms with Crippen LogP contribution in [0.1, 0.15) is 42.5 Å². The van der Waals surface area contributed by atoms with Crippen molar-refractivity contribution >= 4 is 17.2 Å². The van der Waals surface area contributed by atoms with Crippen LogP contribution in [0.2, 0.25) is 0 Å². The topological polar surface area (TPSA) is 46.3 Å². The molecule has 0 aromatic carbocycles. The van der Waals surface area contributed by atoms with Crippen molar-refractivity contribution in [2.24, 2.45) is 11.7 Å². The molecule has 1 fully saturated rings. The molecule has 0 saturated carbocycles. The molecule has 3 atom stereocenters. The SMILES string of the molecule is CC1CC(N)CN(C(=O)C2CCCc3sccc32)C1. The second-order valence-corrected chi connectivity index (χ2v) is 7.09. The minimum Gasteiger partial charge on any atom is -0.340 e. The summed E-state index contributed by atoms with van der Waals surface area (Å²) in [5.74, 6) is 0.923. The lowest BCUT2D eigenvalue weighted by molar-refractivity contribution is -0.135. The van der Waals surface area contributed by atoms with Gasteiger partial charge in [-0.3, -0.25) is 4.79 Å². The van der Waals surface area contributed by atoms with Crippen molar-refractivity contribution in [3.63, 3.8) is 0 Å². The molecule has 3 rings (SSSR count). The first-order valence-electron chi connectivity index (χ1n) is 7.25. The molecule has 19 heavy (non-hydrogen) atoms. The number of carbonyl (C=O) groups excluding carboxylic acids is 1. The van der Waals surface area contributed by atoms with Gasteiger partial charge in [0.25, 0.3) is 0 Å². The molecular formula is C15H22N2OS. The maximum atomic E-state index is 12.8. The minimum absolute atomic E-state index is 0.0903. The molecule has 1 aromatic rings. The quantitative estimate of drug-likeness (QED) is 0.857. The number of hydrogen-bond acceptors (Lipinski definition) is 3. The lowest BCUT2D eigenvalue weighted by Crippen LogP contribution is -2.50. The molecule has 1 amide bonds. The van der Waals surface area contributed by atoms with E-state index in [1.807, 2.05) is 4.90 Å². The van der Waals surface area contributed by atoms with E-state index >= 15 is 0 Å². The van der Waals surface area contributed by atoms with Crippen LogP contribution in [0.15, 0.2) is 11.4 Å². The summed E-state index contributed by atoms with van der Waals surface area (Å²) in [5.41, 5.74) is 7.35. The van der Waals surface area contributed by atoms with Gasteiger partial charge in [0.15, 0.2) is 0 Å². The number of nitrogens with two attached hydrogens (primary N) is 1. The summed E-state index contributed by atoms with van der Waals surface area (Å²) in [4.78, 5) is 16.2. The molecule has 104 valence electrons. The molecule has 1 saturated heterocycles. The van der Waals surface area contributed by atoms with E-state index in [-0.39, 0.29) is 12.0 Å². The third-order valence-electron chi connectivity index (χ3n) is 4.35. The summed E-state index contributed by atoms with van der Waals surface area (Å²) in [5, 5.41) is 2.13. The Morgan fingerprint density at radius 3 is 3.11 bits per heavy atom. The number of aryl methyl sites for hydroxylation is 1. The number of carbonyl (C=O) groups is 1. The number of likely N-dealkylation sites (tertiary alicyclic amines) is 1. The molecule has 2 heterocycles. The van der Waals surface area contributed by atoms with Crippen molar-refractivity contribution in [1.29, 1.82) is 0 Å². The van der Waals surface area contributed by atoms with Crippen molar-refractivity contribution in [2.75, 3.05) is 13.1 Å². The summed E-state index contributed by atoms with van der Waals surface area (Å²) < 4.78 is 0. The first kappa shape index (κ1) is 13.1. The van der Waals surface area contributed by atoms with Gasteiger partial charge in [-0.25, -0.2) is 0 Å². The fraction of sp³-hybridized carbons (Fsp3) is 0.667. The second kappa shape index (κ2) is 5.25. The van der Waals surface area contributed by atoms with E-state index in [2.05, 4.69) is 18.4 Å². The molecule has 2 N–H and O–H groups in total. The lowest BCUT2D eigenvalue weighted by Gasteiger charge is -2.37. The first-order chi connectivity index (χ1) is 9.15. The molecule has 0 radical (unpaired) electrons. The predicted octanol–water partition coefficient (Wildman–Crippen LogP) is 2.36. The van der Waals surface area contributed by atoms with Gasteiger partial charge >= 0.3 is 0 Å². The Kier molecular flexibility index (Phi) is 3.63. The zero-order valence-electron chi connectivity index (χ0n) is 11.5. The van der Waals surface area contributed by atoms with E-state index in [1.54, 1.807) is 11.3 Å². The number of nitrogens with zero attached hydrogens (tertiary/aromatic N) is 1. The van der Waals surface area contributed by atoms with Gasteiger partial charge in [0.2, 0.25) is 5.91 Å². The van der Waals surface area contributed by atoms with Gasteiger partial charge in [-0.05, 0) is 48.6 Å². The van der Waals surface area contributed by atoms with E-state index in [4.69, 9.17) is 5.73 Å². The summed E-state index contributed by atoms with van der Waals surface area (Å²) in [6.07, 6.45) is 4.33. The lowest BCUT2D eigenvalue weighted by atomic mass is 9.85. The van der Waals surface area contributed by atoms with Gasteiger partial charge in [0.05, 0.1) is 5.92 Å². The highest BCUT2D eigenvalue weighted by atomic mass is 32.1. The Hall–Kier alpha value is -0.870. The van der Waals surface area contributed by atoms with Crippen molar-refractivity contribution < 1.29 is 4.79 Å². The van der Waals surface area contributed by atoms with E-state index in [0.717, 1.165) is 38.8 Å². The second-order valence-electron chi connectivity index (χ2n) is 6.09. The number of fused-ring (bicyclic) bond motifs is 1. The molecule has 3 nitrogen and oxygen atoms in total. The van der Waals surface area contributed by atoms with Crippen LogP contribution in [0, 0.1) is 5.92 Å². The van der Waals surface area contributed by atoms with Gasteiger partial charge in [-0.15, -0.1) is 11.3 Å². The van der Waals surface area contributed by atoms with E-state index in [0.29, 0.717) is 11.8 Å². The van der Waals surface area contributed by atoms with E-state index in [1.165, 1.54) is 10.4 Å². The fourth-order valence-electron chi connectivity index (χ4n) is 3.54. The van der Waals surface area contributed by atoms with Crippen LogP contribution < -0.4 is 5.73 Å².